The number of aliphatic hydroxyl groups is 2. The molecule has 3 aliphatic rings. The lowest BCUT2D eigenvalue weighted by Gasteiger charge is -2.60. The molecule has 0 aromatic heterocycles. The van der Waals surface area contributed by atoms with Crippen LogP contribution in [0.3, 0.4) is 0 Å². The number of hydrogen-bond acceptors (Lipinski definition) is 3. The first-order valence-corrected chi connectivity index (χ1v) is 12.1. The van der Waals surface area contributed by atoms with Crippen LogP contribution in [0.25, 0.3) is 0 Å². The van der Waals surface area contributed by atoms with Crippen molar-refractivity contribution in [3.8, 4) is 5.75 Å². The third-order valence-electron chi connectivity index (χ3n) is 9.05. The van der Waals surface area contributed by atoms with Crippen LogP contribution >= 0.6 is 0 Å². The summed E-state index contributed by atoms with van der Waals surface area (Å²) in [4.78, 5) is 0. The van der Waals surface area contributed by atoms with E-state index in [4.69, 9.17) is 0 Å². The number of unbranched alkanes of at least 4 members (excludes halogenated alkanes) is 2. The van der Waals surface area contributed by atoms with E-state index in [-0.39, 0.29) is 23.0 Å². The van der Waals surface area contributed by atoms with Gasteiger partial charge >= 0.3 is 0 Å². The second-order valence-electron chi connectivity index (χ2n) is 10.8. The predicted octanol–water partition coefficient (Wildman–Crippen LogP) is 5.72. The molecule has 3 heteroatoms. The quantitative estimate of drug-likeness (QED) is 0.396. The lowest BCUT2D eigenvalue weighted by Crippen LogP contribution is -2.54. The van der Waals surface area contributed by atoms with Crippen LogP contribution in [0.2, 0.25) is 0 Å². The van der Waals surface area contributed by atoms with Gasteiger partial charge in [0.1, 0.15) is 5.75 Å². The van der Waals surface area contributed by atoms with Crippen molar-refractivity contribution >= 4 is 0 Å². The maximum absolute atomic E-state index is 11.0. The number of allylic oxidation sites excluding steroid dienone is 1. The summed E-state index contributed by atoms with van der Waals surface area (Å²) >= 11 is 0. The lowest BCUT2D eigenvalue weighted by molar-refractivity contribution is -0.0812. The summed E-state index contributed by atoms with van der Waals surface area (Å²) in [5, 5.41) is 30.6. The Kier molecular flexibility index (Phi) is 6.07. The van der Waals surface area contributed by atoms with Crippen molar-refractivity contribution in [2.75, 3.05) is 0 Å². The minimum atomic E-state index is -0.209. The highest BCUT2D eigenvalue weighted by molar-refractivity contribution is 5.43. The largest absolute Gasteiger partial charge is 0.508 e. The number of hydrogen-bond donors (Lipinski definition) is 3. The van der Waals surface area contributed by atoms with Crippen molar-refractivity contribution in [1.82, 2.24) is 0 Å². The molecule has 0 aliphatic heterocycles. The van der Waals surface area contributed by atoms with E-state index in [0.29, 0.717) is 23.5 Å². The molecule has 166 valence electrons. The topological polar surface area (TPSA) is 60.7 Å². The van der Waals surface area contributed by atoms with E-state index < -0.39 is 0 Å². The minimum Gasteiger partial charge on any atom is -0.508 e. The van der Waals surface area contributed by atoms with E-state index in [1.54, 1.807) is 0 Å². The third kappa shape index (κ3) is 3.52. The molecule has 0 heterocycles. The lowest BCUT2D eigenvalue weighted by atomic mass is 9.44. The summed E-state index contributed by atoms with van der Waals surface area (Å²) in [7, 11) is 0. The zero-order valence-corrected chi connectivity index (χ0v) is 18.8. The molecule has 1 aromatic carbocycles. The molecular weight excluding hydrogens is 372 g/mol. The highest BCUT2D eigenvalue weighted by atomic mass is 16.3. The fourth-order valence-corrected chi connectivity index (χ4v) is 7.72. The van der Waals surface area contributed by atoms with Gasteiger partial charge in [-0.05, 0) is 104 Å². The standard InChI is InChI=1S/C27H40O3/c1-4-27-15-14-19-16-21(29)10-11-22(19)25(27)20(9-7-5-6-8-18(2)28)17-26(3)23(27)12-13-24(26)30/h4,10-11,16,18,20,23-25,28-30H,1,5-9,12-15,17H2,2-3H3/t18?,20-,23+,24-,25+,26+,27-/m0/s1. The molecule has 2 fully saturated rings. The normalized spacial score (nSPS) is 38.4. The second-order valence-corrected chi connectivity index (χ2v) is 10.8. The number of fused-ring (bicyclic) bond motifs is 5. The van der Waals surface area contributed by atoms with E-state index in [9.17, 15) is 15.3 Å². The Balaban J connectivity index is 1.67. The zero-order chi connectivity index (χ0) is 21.5. The van der Waals surface area contributed by atoms with Crippen molar-refractivity contribution in [2.45, 2.75) is 96.2 Å². The molecule has 0 amide bonds. The van der Waals surface area contributed by atoms with Gasteiger partial charge in [-0.1, -0.05) is 38.3 Å². The number of rotatable bonds is 7. The maximum Gasteiger partial charge on any atom is 0.115 e. The van der Waals surface area contributed by atoms with E-state index >= 15 is 0 Å². The van der Waals surface area contributed by atoms with Gasteiger partial charge in [0.25, 0.3) is 0 Å². The van der Waals surface area contributed by atoms with Crippen LogP contribution in [0.1, 0.15) is 88.7 Å². The molecule has 3 nitrogen and oxygen atoms in total. The van der Waals surface area contributed by atoms with Gasteiger partial charge in [-0.3, -0.25) is 0 Å². The number of aromatic hydroxyl groups is 1. The second kappa shape index (κ2) is 8.31. The van der Waals surface area contributed by atoms with Gasteiger partial charge < -0.3 is 15.3 Å². The Morgan fingerprint density at radius 2 is 2.03 bits per heavy atom. The molecule has 7 atom stereocenters. The van der Waals surface area contributed by atoms with Gasteiger partial charge in [-0.2, -0.15) is 0 Å². The smallest absolute Gasteiger partial charge is 0.115 e. The third-order valence-corrected chi connectivity index (χ3v) is 9.05. The monoisotopic (exact) mass is 412 g/mol. The van der Waals surface area contributed by atoms with E-state index in [1.165, 1.54) is 17.5 Å². The van der Waals surface area contributed by atoms with Crippen molar-refractivity contribution in [3.63, 3.8) is 0 Å². The van der Waals surface area contributed by atoms with Crippen molar-refractivity contribution < 1.29 is 15.3 Å². The number of aliphatic hydroxyl groups excluding tert-OH is 2. The molecule has 0 spiro atoms. The minimum absolute atomic E-state index is 0.0244. The summed E-state index contributed by atoms with van der Waals surface area (Å²) < 4.78 is 0. The molecule has 1 aromatic rings. The molecule has 0 saturated heterocycles. The molecule has 3 N–H and O–H groups in total. The fraction of sp³-hybridized carbons (Fsp3) is 0.704. The summed E-state index contributed by atoms with van der Waals surface area (Å²) in [5.41, 5.74) is 2.73. The summed E-state index contributed by atoms with van der Waals surface area (Å²) in [6, 6.07) is 6.00. The molecule has 3 aliphatic carbocycles. The Morgan fingerprint density at radius 3 is 2.77 bits per heavy atom. The van der Waals surface area contributed by atoms with Crippen LogP contribution in [0.4, 0.5) is 0 Å². The summed E-state index contributed by atoms with van der Waals surface area (Å²) in [5.74, 6) is 1.80. The molecule has 2 saturated carbocycles. The molecule has 0 bridgehead atoms. The van der Waals surface area contributed by atoms with Crippen LogP contribution in [0, 0.1) is 22.7 Å². The van der Waals surface area contributed by atoms with Gasteiger partial charge in [0.15, 0.2) is 0 Å². The fourth-order valence-electron chi connectivity index (χ4n) is 7.72. The van der Waals surface area contributed by atoms with Crippen LogP contribution in [0.5, 0.6) is 5.75 Å². The summed E-state index contributed by atoms with van der Waals surface area (Å²) in [6.07, 6.45) is 12.4. The number of benzene rings is 1. The molecule has 1 unspecified atom stereocenters. The van der Waals surface area contributed by atoms with Gasteiger partial charge in [0, 0.05) is 0 Å². The first-order chi connectivity index (χ1) is 14.3. The number of phenols is 1. The van der Waals surface area contributed by atoms with E-state index in [0.717, 1.165) is 57.8 Å². The van der Waals surface area contributed by atoms with E-state index in [2.05, 4.69) is 25.6 Å². The maximum atomic E-state index is 11.0. The Bertz CT molecular complexity index is 771. The first-order valence-electron chi connectivity index (χ1n) is 12.1. The van der Waals surface area contributed by atoms with Gasteiger partial charge in [-0.15, -0.1) is 6.58 Å². The average molecular weight is 413 g/mol. The van der Waals surface area contributed by atoms with Gasteiger partial charge in [0.2, 0.25) is 0 Å². The average Bonchev–Trinajstić information content (AvgIpc) is 3.01. The first kappa shape index (κ1) is 21.9. The Labute approximate surface area is 182 Å². The van der Waals surface area contributed by atoms with Crippen molar-refractivity contribution in [2.24, 2.45) is 22.7 Å². The Morgan fingerprint density at radius 1 is 1.23 bits per heavy atom. The molecule has 4 rings (SSSR count). The highest BCUT2D eigenvalue weighted by Crippen LogP contribution is 2.69. The molecule has 0 radical (unpaired) electrons. The van der Waals surface area contributed by atoms with Crippen LogP contribution < -0.4 is 0 Å². The van der Waals surface area contributed by atoms with Crippen LogP contribution in [-0.4, -0.2) is 27.5 Å². The highest BCUT2D eigenvalue weighted by Gasteiger charge is 2.63. The van der Waals surface area contributed by atoms with Crippen molar-refractivity contribution in [3.05, 3.63) is 42.0 Å². The van der Waals surface area contributed by atoms with Crippen molar-refractivity contribution in [1.29, 1.82) is 0 Å². The number of aryl methyl sites for hydroxylation is 1. The van der Waals surface area contributed by atoms with Crippen LogP contribution in [-0.2, 0) is 6.42 Å². The predicted molar refractivity (Wildman–Crippen MR) is 122 cm³/mol. The zero-order valence-electron chi connectivity index (χ0n) is 18.8. The molecule has 30 heavy (non-hydrogen) atoms. The molecular formula is C27H40O3. The summed E-state index contributed by atoms with van der Waals surface area (Å²) in [6.45, 7) is 8.58. The van der Waals surface area contributed by atoms with E-state index in [1.807, 2.05) is 19.1 Å². The SMILES string of the molecule is C=C[C@@]12CCc3cc(O)ccc3[C@H]1[C@@H](CCCCCC(C)O)C[C@]1(C)[C@H]2CC[C@@H]1O. The van der Waals surface area contributed by atoms with Gasteiger partial charge in [-0.25, -0.2) is 0 Å². The van der Waals surface area contributed by atoms with Gasteiger partial charge in [0.05, 0.1) is 12.2 Å². The van der Waals surface area contributed by atoms with Crippen LogP contribution in [0.15, 0.2) is 30.9 Å². The Hall–Kier alpha value is -1.32. The number of phenolic OH excluding ortho intramolecular Hbond substituents is 1.